The Kier molecular flexibility index (Phi) is 5.90. The largest absolute Gasteiger partial charge is 0.467 e. The molecule has 1 fully saturated rings. The maximum atomic E-state index is 12.6. The maximum Gasteiger partial charge on any atom is 0.328 e. The van der Waals surface area contributed by atoms with E-state index in [0.29, 0.717) is 6.54 Å². The number of hydrogen-bond acceptors (Lipinski definition) is 4. The second-order valence-corrected chi connectivity index (χ2v) is 5.15. The van der Waals surface area contributed by atoms with Crippen molar-refractivity contribution >= 4 is 11.9 Å². The number of benzene rings is 1. The Hall–Kier alpha value is -1.88. The first-order valence-electron chi connectivity index (χ1n) is 6.90. The highest BCUT2D eigenvalue weighted by Crippen LogP contribution is 2.36. The van der Waals surface area contributed by atoms with E-state index in [4.69, 9.17) is 9.84 Å². The fraction of sp³-hybridized carbons (Fsp3) is 0.500. The zero-order chi connectivity index (χ0) is 16.0. The molecule has 5 nitrogen and oxygen atoms in total. The summed E-state index contributed by atoms with van der Waals surface area (Å²) in [5.41, 5.74) is 0.461. The summed E-state index contributed by atoms with van der Waals surface area (Å²) in [6, 6.07) is 9.19. The number of carbonyl (C=O) groups excluding carboxylic acids is 2. The summed E-state index contributed by atoms with van der Waals surface area (Å²) in [5.74, 6) is -0.373. The van der Waals surface area contributed by atoms with Crippen molar-refractivity contribution in [3.05, 3.63) is 35.9 Å². The maximum absolute atomic E-state index is 12.6. The van der Waals surface area contributed by atoms with Crippen LogP contribution in [-0.4, -0.2) is 48.7 Å². The normalized spacial score (nSPS) is 22.3. The lowest BCUT2D eigenvalue weighted by molar-refractivity contribution is -0.151. The van der Waals surface area contributed by atoms with Gasteiger partial charge in [-0.25, -0.2) is 4.79 Å². The molecule has 1 heterocycles. The van der Waals surface area contributed by atoms with E-state index in [-0.39, 0.29) is 11.9 Å². The molecule has 1 N–H and O–H groups in total. The number of carbonyl (C=O) groups is 2. The van der Waals surface area contributed by atoms with Crippen LogP contribution in [0.1, 0.15) is 25.8 Å². The van der Waals surface area contributed by atoms with Crippen molar-refractivity contribution in [2.24, 2.45) is 0 Å². The minimum Gasteiger partial charge on any atom is -0.467 e. The van der Waals surface area contributed by atoms with Gasteiger partial charge >= 0.3 is 5.97 Å². The molecule has 1 aliphatic rings. The van der Waals surface area contributed by atoms with Crippen molar-refractivity contribution < 1.29 is 19.4 Å². The van der Waals surface area contributed by atoms with E-state index in [0.717, 1.165) is 19.1 Å². The van der Waals surface area contributed by atoms with E-state index >= 15 is 0 Å². The summed E-state index contributed by atoms with van der Waals surface area (Å²) in [7, 11) is 2.34. The summed E-state index contributed by atoms with van der Waals surface area (Å²) < 4.78 is 4.71. The molecule has 0 aromatic heterocycles. The second kappa shape index (κ2) is 7.22. The molecule has 1 aromatic rings. The molecular formula is C16H23NO4. The fourth-order valence-electron chi connectivity index (χ4n) is 2.61. The van der Waals surface area contributed by atoms with Crippen LogP contribution in [0, 0.1) is 0 Å². The molecule has 2 rings (SSSR count). The van der Waals surface area contributed by atoms with Crippen LogP contribution in [-0.2, 0) is 19.7 Å². The fourth-order valence-corrected chi connectivity index (χ4v) is 2.61. The van der Waals surface area contributed by atoms with Crippen LogP contribution in [0.25, 0.3) is 0 Å². The van der Waals surface area contributed by atoms with Crippen LogP contribution in [0.2, 0.25) is 0 Å². The highest BCUT2D eigenvalue weighted by atomic mass is 16.5. The van der Waals surface area contributed by atoms with Crippen LogP contribution < -0.4 is 0 Å². The summed E-state index contributed by atoms with van der Waals surface area (Å²) in [6.07, 6.45) is 0.719. The summed E-state index contributed by atoms with van der Waals surface area (Å²) in [6.45, 7) is 4.23. The molecule has 0 spiro atoms. The molecule has 1 aromatic carbocycles. The molecule has 1 amide bonds. The molecular weight excluding hydrogens is 270 g/mol. The number of amides is 1. The average molecular weight is 293 g/mol. The van der Waals surface area contributed by atoms with Gasteiger partial charge in [-0.3, -0.25) is 4.79 Å². The predicted molar refractivity (Wildman–Crippen MR) is 79.7 cm³/mol. The number of methoxy groups -OCH3 is 1. The van der Waals surface area contributed by atoms with Gasteiger partial charge in [0, 0.05) is 13.7 Å². The molecule has 5 heteroatoms. The van der Waals surface area contributed by atoms with Crippen LogP contribution in [0.5, 0.6) is 0 Å². The Morgan fingerprint density at radius 3 is 2.43 bits per heavy atom. The van der Waals surface area contributed by atoms with Gasteiger partial charge in [-0.2, -0.15) is 0 Å². The first-order valence-corrected chi connectivity index (χ1v) is 6.90. The van der Waals surface area contributed by atoms with Gasteiger partial charge < -0.3 is 14.7 Å². The summed E-state index contributed by atoms with van der Waals surface area (Å²) in [4.78, 5) is 25.8. The number of rotatable bonds is 3. The molecule has 0 aliphatic carbocycles. The highest BCUT2D eigenvalue weighted by molar-refractivity contribution is 5.93. The van der Waals surface area contributed by atoms with Crippen molar-refractivity contribution in [2.75, 3.05) is 20.8 Å². The number of hydrogen-bond donors (Lipinski definition) is 1. The molecule has 0 radical (unpaired) electrons. The van der Waals surface area contributed by atoms with Crippen LogP contribution in [0.4, 0.5) is 0 Å². The second-order valence-electron chi connectivity index (χ2n) is 5.15. The minimum absolute atomic E-state index is 0.00315. The van der Waals surface area contributed by atoms with Gasteiger partial charge in [0.1, 0.15) is 6.04 Å². The lowest BCUT2D eigenvalue weighted by Crippen LogP contribution is -2.44. The van der Waals surface area contributed by atoms with Crippen molar-refractivity contribution in [3.63, 3.8) is 0 Å². The Bertz CT molecular complexity index is 488. The summed E-state index contributed by atoms with van der Waals surface area (Å²) >= 11 is 0. The van der Waals surface area contributed by atoms with Gasteiger partial charge in [0.15, 0.2) is 0 Å². The number of aliphatic hydroxyl groups excluding tert-OH is 1. The quantitative estimate of drug-likeness (QED) is 0.854. The zero-order valence-corrected chi connectivity index (χ0v) is 13.0. The van der Waals surface area contributed by atoms with Gasteiger partial charge in [-0.15, -0.1) is 0 Å². The number of likely N-dealkylation sites (tertiary alicyclic amines) is 1. The Morgan fingerprint density at radius 2 is 1.90 bits per heavy atom. The lowest BCUT2D eigenvalue weighted by Gasteiger charge is -2.26. The third kappa shape index (κ3) is 3.24. The van der Waals surface area contributed by atoms with Crippen molar-refractivity contribution in [1.82, 2.24) is 4.90 Å². The van der Waals surface area contributed by atoms with E-state index in [1.165, 1.54) is 7.11 Å². The van der Waals surface area contributed by atoms with E-state index in [2.05, 4.69) is 0 Å². The summed E-state index contributed by atoms with van der Waals surface area (Å²) in [5, 5.41) is 7.00. The Balaban J connectivity index is 0.00000106. The molecule has 1 unspecified atom stereocenters. The van der Waals surface area contributed by atoms with Crippen LogP contribution in [0.3, 0.4) is 0 Å². The lowest BCUT2D eigenvalue weighted by atomic mass is 9.81. The van der Waals surface area contributed by atoms with Gasteiger partial charge in [0.05, 0.1) is 12.5 Å². The van der Waals surface area contributed by atoms with Crippen LogP contribution >= 0.6 is 0 Å². The number of aliphatic hydroxyl groups is 1. The number of esters is 1. The highest BCUT2D eigenvalue weighted by Gasteiger charge is 2.46. The first-order chi connectivity index (χ1) is 10.0. The van der Waals surface area contributed by atoms with Crippen molar-refractivity contribution in [1.29, 1.82) is 0 Å². The number of nitrogens with zero attached hydrogens (tertiary/aromatic N) is 1. The molecule has 116 valence electrons. The van der Waals surface area contributed by atoms with E-state index in [9.17, 15) is 9.59 Å². The molecule has 1 aliphatic heterocycles. The van der Waals surface area contributed by atoms with E-state index in [1.54, 1.807) is 11.8 Å². The topological polar surface area (TPSA) is 66.8 Å². The molecule has 0 bridgehead atoms. The Morgan fingerprint density at radius 1 is 1.33 bits per heavy atom. The van der Waals surface area contributed by atoms with Crippen molar-refractivity contribution in [3.8, 4) is 0 Å². The van der Waals surface area contributed by atoms with E-state index < -0.39 is 11.5 Å². The van der Waals surface area contributed by atoms with Gasteiger partial charge in [0.2, 0.25) is 5.91 Å². The third-order valence-corrected chi connectivity index (χ3v) is 4.01. The van der Waals surface area contributed by atoms with Crippen LogP contribution in [0.15, 0.2) is 30.3 Å². The smallest absolute Gasteiger partial charge is 0.328 e. The molecule has 1 saturated heterocycles. The van der Waals surface area contributed by atoms with Gasteiger partial charge in [0.25, 0.3) is 0 Å². The minimum atomic E-state index is -0.538. The predicted octanol–water partition coefficient (Wildman–Crippen LogP) is 1.35. The SMILES string of the molecule is CO.COC(=O)[C@@H](C)N1CCC(C)(c2ccccc2)C1=O. The Labute approximate surface area is 125 Å². The standard InChI is InChI=1S/C15H19NO3.CH4O/c1-11(13(17)19-3)16-10-9-15(2,14(16)18)12-7-5-4-6-8-12;1-2/h4-8,11H,9-10H2,1-3H3;2H,1H3/t11-,15?;/m1./s1. The first kappa shape index (κ1) is 17.2. The van der Waals surface area contributed by atoms with Crippen molar-refractivity contribution in [2.45, 2.75) is 31.7 Å². The zero-order valence-electron chi connectivity index (χ0n) is 13.0. The van der Waals surface area contributed by atoms with Gasteiger partial charge in [-0.05, 0) is 25.8 Å². The van der Waals surface area contributed by atoms with E-state index in [1.807, 2.05) is 37.3 Å². The molecule has 0 saturated carbocycles. The monoisotopic (exact) mass is 293 g/mol. The average Bonchev–Trinajstić information content (AvgIpc) is 2.85. The van der Waals surface area contributed by atoms with Gasteiger partial charge in [-0.1, -0.05) is 30.3 Å². The molecule has 2 atom stereocenters. The number of ether oxygens (including phenoxy) is 1. The third-order valence-electron chi connectivity index (χ3n) is 4.01. The molecule has 21 heavy (non-hydrogen) atoms.